The van der Waals surface area contributed by atoms with E-state index in [0.717, 1.165) is 11.5 Å². The first-order valence-corrected chi connectivity index (χ1v) is 8.16. The van der Waals surface area contributed by atoms with Crippen LogP contribution in [-0.4, -0.2) is 22.9 Å². The third kappa shape index (κ3) is 2.47. The first-order chi connectivity index (χ1) is 10.9. The number of hydrogen-bond donors (Lipinski definition) is 1. The first-order valence-electron chi connectivity index (χ1n) is 8.16. The van der Waals surface area contributed by atoms with Crippen molar-refractivity contribution in [1.29, 1.82) is 0 Å². The fourth-order valence-corrected chi connectivity index (χ4v) is 3.51. The van der Waals surface area contributed by atoms with E-state index in [1.807, 2.05) is 6.07 Å². The number of benzene rings is 2. The number of hydrogen-bond acceptors (Lipinski definition) is 3. The molecule has 0 bridgehead atoms. The molecule has 1 N–H and O–H groups in total. The molecule has 2 unspecified atom stereocenters. The Labute approximate surface area is 131 Å². The van der Waals surface area contributed by atoms with Crippen LogP contribution in [0.15, 0.2) is 65.7 Å². The standard InChI is InChI=1S/C19H21N3/c1-3-9-15(10-4-1)19-20-17-13-7-8-14-18(17)22(19)21-16-11-5-2-6-12-16/h1-6,9-12,17-18,21H,7-8,13-14H2. The molecule has 0 spiro atoms. The third-order valence-corrected chi connectivity index (χ3v) is 4.60. The van der Waals surface area contributed by atoms with Crippen LogP contribution in [0.3, 0.4) is 0 Å². The number of hydrazine groups is 1. The minimum atomic E-state index is 0.431. The van der Waals surface area contributed by atoms with Crippen LogP contribution in [0.2, 0.25) is 0 Å². The number of nitrogens with zero attached hydrogens (tertiary/aromatic N) is 2. The van der Waals surface area contributed by atoms with E-state index in [2.05, 4.69) is 65.0 Å². The maximum atomic E-state index is 5.04. The maximum absolute atomic E-state index is 5.04. The van der Waals surface area contributed by atoms with E-state index in [1.54, 1.807) is 0 Å². The minimum absolute atomic E-state index is 0.431. The first kappa shape index (κ1) is 13.4. The predicted molar refractivity (Wildman–Crippen MR) is 90.9 cm³/mol. The van der Waals surface area contributed by atoms with Crippen LogP contribution in [0.5, 0.6) is 0 Å². The Balaban J connectivity index is 1.67. The molecule has 22 heavy (non-hydrogen) atoms. The molecule has 2 atom stereocenters. The third-order valence-electron chi connectivity index (χ3n) is 4.60. The van der Waals surface area contributed by atoms with Crippen molar-refractivity contribution < 1.29 is 0 Å². The number of rotatable bonds is 3. The molecule has 4 rings (SSSR count). The summed E-state index contributed by atoms with van der Waals surface area (Å²) < 4.78 is 0. The number of fused-ring (bicyclic) bond motifs is 1. The van der Waals surface area contributed by atoms with Gasteiger partial charge in [-0.15, -0.1) is 0 Å². The maximum Gasteiger partial charge on any atom is 0.150 e. The van der Waals surface area contributed by atoms with Crippen molar-refractivity contribution in [2.45, 2.75) is 37.8 Å². The van der Waals surface area contributed by atoms with Crippen molar-refractivity contribution >= 4 is 11.5 Å². The Morgan fingerprint density at radius 1 is 0.864 bits per heavy atom. The van der Waals surface area contributed by atoms with Gasteiger partial charge in [-0.3, -0.25) is 15.4 Å². The van der Waals surface area contributed by atoms with Crippen molar-refractivity contribution in [3.8, 4) is 0 Å². The van der Waals surface area contributed by atoms with Gasteiger partial charge in [0.2, 0.25) is 0 Å². The molecule has 0 radical (unpaired) electrons. The van der Waals surface area contributed by atoms with Gasteiger partial charge in [0.1, 0.15) is 5.84 Å². The summed E-state index contributed by atoms with van der Waals surface area (Å²) in [5.74, 6) is 1.08. The van der Waals surface area contributed by atoms with Crippen molar-refractivity contribution in [2.75, 3.05) is 5.43 Å². The number of aliphatic imine (C=N–C) groups is 1. The molecule has 2 aromatic carbocycles. The van der Waals surface area contributed by atoms with Gasteiger partial charge in [-0.05, 0) is 25.0 Å². The summed E-state index contributed by atoms with van der Waals surface area (Å²) in [6.45, 7) is 0. The smallest absolute Gasteiger partial charge is 0.150 e. The van der Waals surface area contributed by atoms with Gasteiger partial charge in [0, 0.05) is 5.56 Å². The molecule has 1 aliphatic carbocycles. The second-order valence-corrected chi connectivity index (χ2v) is 6.09. The van der Waals surface area contributed by atoms with Crippen LogP contribution in [0.4, 0.5) is 5.69 Å². The highest BCUT2D eigenvalue weighted by Crippen LogP contribution is 2.32. The molecular weight excluding hydrogens is 270 g/mol. The lowest BCUT2D eigenvalue weighted by molar-refractivity contribution is 0.274. The fraction of sp³-hybridized carbons (Fsp3) is 0.316. The van der Waals surface area contributed by atoms with Gasteiger partial charge in [-0.1, -0.05) is 61.4 Å². The molecule has 1 heterocycles. The van der Waals surface area contributed by atoms with Gasteiger partial charge in [-0.25, -0.2) is 0 Å². The van der Waals surface area contributed by atoms with E-state index in [-0.39, 0.29) is 0 Å². The molecule has 1 aliphatic heterocycles. The van der Waals surface area contributed by atoms with Gasteiger partial charge < -0.3 is 0 Å². The average molecular weight is 291 g/mol. The van der Waals surface area contributed by atoms with E-state index < -0.39 is 0 Å². The van der Waals surface area contributed by atoms with E-state index in [4.69, 9.17) is 4.99 Å². The van der Waals surface area contributed by atoms with Crippen molar-refractivity contribution in [2.24, 2.45) is 4.99 Å². The Morgan fingerprint density at radius 2 is 1.55 bits per heavy atom. The van der Waals surface area contributed by atoms with Crippen molar-refractivity contribution in [3.63, 3.8) is 0 Å². The van der Waals surface area contributed by atoms with Gasteiger partial charge in [0.15, 0.2) is 0 Å². The van der Waals surface area contributed by atoms with Crippen molar-refractivity contribution in [3.05, 3.63) is 66.2 Å². The van der Waals surface area contributed by atoms with Crippen LogP contribution >= 0.6 is 0 Å². The SMILES string of the molecule is c1ccc(NN2C(c3ccccc3)=NC3CCCCC32)cc1. The normalized spacial score (nSPS) is 23.8. The molecular formula is C19H21N3. The molecule has 0 aromatic heterocycles. The van der Waals surface area contributed by atoms with Gasteiger partial charge in [0.25, 0.3) is 0 Å². The van der Waals surface area contributed by atoms with Crippen LogP contribution in [0, 0.1) is 0 Å². The largest absolute Gasteiger partial charge is 0.297 e. The van der Waals surface area contributed by atoms with E-state index in [1.165, 1.54) is 31.2 Å². The second-order valence-electron chi connectivity index (χ2n) is 6.09. The zero-order valence-electron chi connectivity index (χ0n) is 12.7. The van der Waals surface area contributed by atoms with Crippen molar-refractivity contribution in [1.82, 2.24) is 5.01 Å². The van der Waals surface area contributed by atoms with Crippen LogP contribution in [-0.2, 0) is 0 Å². The molecule has 1 fully saturated rings. The van der Waals surface area contributed by atoms with E-state index in [9.17, 15) is 0 Å². The topological polar surface area (TPSA) is 27.6 Å². The number of anilines is 1. The summed E-state index contributed by atoms with van der Waals surface area (Å²) in [4.78, 5) is 5.04. The Hall–Kier alpha value is -2.29. The average Bonchev–Trinajstić information content (AvgIpc) is 2.95. The zero-order valence-corrected chi connectivity index (χ0v) is 12.7. The summed E-state index contributed by atoms with van der Waals surface area (Å²) in [6, 6.07) is 21.8. The number of amidine groups is 1. The Bertz CT molecular complexity index is 651. The molecule has 0 amide bonds. The summed E-state index contributed by atoms with van der Waals surface area (Å²) in [7, 11) is 0. The van der Waals surface area contributed by atoms with Crippen LogP contribution in [0.25, 0.3) is 0 Å². The lowest BCUT2D eigenvalue weighted by Gasteiger charge is -2.33. The number of nitrogens with one attached hydrogen (secondary N) is 1. The lowest BCUT2D eigenvalue weighted by Crippen LogP contribution is -2.45. The molecule has 3 nitrogen and oxygen atoms in total. The summed E-state index contributed by atoms with van der Waals surface area (Å²) in [5.41, 5.74) is 5.91. The highest BCUT2D eigenvalue weighted by atomic mass is 15.6. The minimum Gasteiger partial charge on any atom is -0.297 e. The summed E-state index contributed by atoms with van der Waals surface area (Å²) >= 11 is 0. The molecule has 2 aliphatic rings. The van der Waals surface area contributed by atoms with Gasteiger partial charge in [0.05, 0.1) is 17.8 Å². The summed E-state index contributed by atoms with van der Waals surface area (Å²) in [6.07, 6.45) is 5.01. The second kappa shape index (κ2) is 5.84. The number of para-hydroxylation sites is 1. The van der Waals surface area contributed by atoms with Gasteiger partial charge >= 0.3 is 0 Å². The lowest BCUT2D eigenvalue weighted by atomic mass is 9.91. The highest BCUT2D eigenvalue weighted by molar-refractivity contribution is 6.01. The van der Waals surface area contributed by atoms with Gasteiger partial charge in [-0.2, -0.15) is 0 Å². The molecule has 0 saturated heterocycles. The molecule has 2 aromatic rings. The molecule has 112 valence electrons. The van der Waals surface area contributed by atoms with E-state index in [0.29, 0.717) is 12.1 Å². The van der Waals surface area contributed by atoms with Crippen LogP contribution < -0.4 is 5.43 Å². The van der Waals surface area contributed by atoms with E-state index >= 15 is 0 Å². The Kier molecular flexibility index (Phi) is 3.55. The Morgan fingerprint density at radius 3 is 2.32 bits per heavy atom. The molecule has 1 saturated carbocycles. The fourth-order valence-electron chi connectivity index (χ4n) is 3.51. The monoisotopic (exact) mass is 291 g/mol. The predicted octanol–water partition coefficient (Wildman–Crippen LogP) is 4.09. The highest BCUT2D eigenvalue weighted by Gasteiger charge is 2.38. The quantitative estimate of drug-likeness (QED) is 0.922. The zero-order chi connectivity index (χ0) is 14.8. The summed E-state index contributed by atoms with van der Waals surface area (Å²) in [5, 5.41) is 2.30. The van der Waals surface area contributed by atoms with Crippen LogP contribution in [0.1, 0.15) is 31.2 Å². The molecule has 3 heteroatoms.